The van der Waals surface area contributed by atoms with Crippen LogP contribution in [0.4, 0.5) is 5.69 Å². The highest BCUT2D eigenvalue weighted by Crippen LogP contribution is 2.14. The maximum atomic E-state index is 5.94. The zero-order chi connectivity index (χ0) is 13.7. The van der Waals surface area contributed by atoms with Gasteiger partial charge in [0.05, 0.1) is 6.26 Å². The molecular weight excluding hydrogens is 236 g/mol. The number of hydrogen-bond donors (Lipinski definition) is 1. The van der Waals surface area contributed by atoms with Crippen molar-refractivity contribution in [1.82, 2.24) is 4.90 Å². The fraction of sp³-hybridized carbons (Fsp3) is 0.375. The first-order valence-corrected chi connectivity index (χ1v) is 6.71. The Morgan fingerprint density at radius 1 is 1.16 bits per heavy atom. The van der Waals surface area contributed by atoms with Gasteiger partial charge >= 0.3 is 0 Å². The number of nitrogens with zero attached hydrogens (tertiary/aromatic N) is 1. The van der Waals surface area contributed by atoms with Crippen LogP contribution in [0.15, 0.2) is 41.0 Å². The standard InChI is InChI=1S/C16H22N2O/c1-13-15(9-11-19-13)12-18(2)10-5-7-14-6-3-4-8-16(14)17/h3-4,6,8-9,11H,5,7,10,12,17H2,1-2H3. The maximum absolute atomic E-state index is 5.94. The van der Waals surface area contributed by atoms with Crippen molar-refractivity contribution in [3.63, 3.8) is 0 Å². The minimum absolute atomic E-state index is 0.899. The lowest BCUT2D eigenvalue weighted by molar-refractivity contribution is 0.319. The summed E-state index contributed by atoms with van der Waals surface area (Å²) in [6.45, 7) is 4.00. The lowest BCUT2D eigenvalue weighted by Crippen LogP contribution is -2.19. The Bertz CT molecular complexity index is 519. The van der Waals surface area contributed by atoms with Crippen molar-refractivity contribution < 1.29 is 4.42 Å². The molecule has 0 atom stereocenters. The number of rotatable bonds is 6. The number of para-hydroxylation sites is 1. The molecule has 0 radical (unpaired) electrons. The summed E-state index contributed by atoms with van der Waals surface area (Å²) in [4.78, 5) is 2.32. The Labute approximate surface area is 115 Å². The topological polar surface area (TPSA) is 42.4 Å². The third-order valence-corrected chi connectivity index (χ3v) is 3.45. The highest BCUT2D eigenvalue weighted by Gasteiger charge is 2.05. The third-order valence-electron chi connectivity index (χ3n) is 3.45. The monoisotopic (exact) mass is 258 g/mol. The molecule has 1 aromatic carbocycles. The molecule has 0 spiro atoms. The molecule has 0 saturated heterocycles. The Balaban J connectivity index is 1.77. The van der Waals surface area contributed by atoms with Crippen molar-refractivity contribution in [3.8, 4) is 0 Å². The molecule has 2 aromatic rings. The maximum Gasteiger partial charge on any atom is 0.105 e. The van der Waals surface area contributed by atoms with Gasteiger partial charge in [0.2, 0.25) is 0 Å². The first-order chi connectivity index (χ1) is 9.16. The molecule has 2 rings (SSSR count). The van der Waals surface area contributed by atoms with Gasteiger partial charge in [0.15, 0.2) is 0 Å². The highest BCUT2D eigenvalue weighted by atomic mass is 16.3. The number of nitrogen functional groups attached to an aromatic ring is 1. The normalized spacial score (nSPS) is 11.1. The van der Waals surface area contributed by atoms with Gasteiger partial charge in [-0.15, -0.1) is 0 Å². The average molecular weight is 258 g/mol. The number of aryl methyl sites for hydroxylation is 2. The molecule has 0 bridgehead atoms. The van der Waals surface area contributed by atoms with Crippen molar-refractivity contribution >= 4 is 5.69 Å². The van der Waals surface area contributed by atoms with Crippen LogP contribution < -0.4 is 5.73 Å². The summed E-state index contributed by atoms with van der Waals surface area (Å²) in [6, 6.07) is 10.1. The second kappa shape index (κ2) is 6.43. The van der Waals surface area contributed by atoms with E-state index >= 15 is 0 Å². The molecule has 0 saturated carbocycles. The molecule has 19 heavy (non-hydrogen) atoms. The van der Waals surface area contributed by atoms with E-state index in [2.05, 4.69) is 18.0 Å². The summed E-state index contributed by atoms with van der Waals surface area (Å²) in [7, 11) is 2.14. The Kier molecular flexibility index (Phi) is 4.63. The lowest BCUT2D eigenvalue weighted by atomic mass is 10.1. The van der Waals surface area contributed by atoms with E-state index in [4.69, 9.17) is 10.2 Å². The molecule has 0 amide bonds. The zero-order valence-corrected chi connectivity index (χ0v) is 11.7. The van der Waals surface area contributed by atoms with E-state index in [0.29, 0.717) is 0 Å². The number of furan rings is 1. The van der Waals surface area contributed by atoms with Gasteiger partial charge in [-0.1, -0.05) is 18.2 Å². The van der Waals surface area contributed by atoms with Crippen molar-refractivity contribution in [3.05, 3.63) is 53.5 Å². The molecule has 3 nitrogen and oxygen atoms in total. The van der Waals surface area contributed by atoms with Gasteiger partial charge in [0, 0.05) is 17.8 Å². The molecule has 3 heteroatoms. The quantitative estimate of drug-likeness (QED) is 0.809. The first kappa shape index (κ1) is 13.7. The number of nitrogens with two attached hydrogens (primary N) is 1. The molecule has 0 unspecified atom stereocenters. The van der Waals surface area contributed by atoms with E-state index in [9.17, 15) is 0 Å². The van der Waals surface area contributed by atoms with E-state index in [1.807, 2.05) is 31.2 Å². The minimum Gasteiger partial charge on any atom is -0.469 e. The summed E-state index contributed by atoms with van der Waals surface area (Å²) in [5.41, 5.74) is 9.35. The summed E-state index contributed by atoms with van der Waals surface area (Å²) in [6.07, 6.45) is 3.90. The second-order valence-corrected chi connectivity index (χ2v) is 5.04. The van der Waals surface area contributed by atoms with Crippen molar-refractivity contribution in [2.45, 2.75) is 26.3 Å². The average Bonchev–Trinajstić information content (AvgIpc) is 2.77. The van der Waals surface area contributed by atoms with Crippen LogP contribution in [-0.4, -0.2) is 18.5 Å². The fourth-order valence-corrected chi connectivity index (χ4v) is 2.25. The van der Waals surface area contributed by atoms with Crippen molar-refractivity contribution in [2.24, 2.45) is 0 Å². The van der Waals surface area contributed by atoms with Gasteiger partial charge in [0.1, 0.15) is 5.76 Å². The molecule has 102 valence electrons. The van der Waals surface area contributed by atoms with Gasteiger partial charge in [-0.2, -0.15) is 0 Å². The van der Waals surface area contributed by atoms with Crippen LogP contribution in [0.2, 0.25) is 0 Å². The largest absolute Gasteiger partial charge is 0.469 e. The Morgan fingerprint density at radius 3 is 2.63 bits per heavy atom. The van der Waals surface area contributed by atoms with Crippen LogP contribution >= 0.6 is 0 Å². The van der Waals surface area contributed by atoms with E-state index < -0.39 is 0 Å². The van der Waals surface area contributed by atoms with Crippen LogP contribution in [0.5, 0.6) is 0 Å². The smallest absolute Gasteiger partial charge is 0.105 e. The van der Waals surface area contributed by atoms with E-state index in [1.54, 1.807) is 6.26 Å². The van der Waals surface area contributed by atoms with Crippen LogP contribution in [0.25, 0.3) is 0 Å². The molecule has 0 fully saturated rings. The molecule has 0 aliphatic carbocycles. The van der Waals surface area contributed by atoms with Crippen LogP contribution in [0, 0.1) is 6.92 Å². The summed E-state index contributed by atoms with van der Waals surface area (Å²) >= 11 is 0. The van der Waals surface area contributed by atoms with E-state index in [1.165, 1.54) is 11.1 Å². The Morgan fingerprint density at radius 2 is 1.95 bits per heavy atom. The zero-order valence-electron chi connectivity index (χ0n) is 11.7. The molecule has 1 aromatic heterocycles. The van der Waals surface area contributed by atoms with Gasteiger partial charge in [-0.05, 0) is 51.1 Å². The van der Waals surface area contributed by atoms with Gasteiger partial charge < -0.3 is 15.1 Å². The second-order valence-electron chi connectivity index (χ2n) is 5.04. The predicted molar refractivity (Wildman–Crippen MR) is 79.0 cm³/mol. The first-order valence-electron chi connectivity index (χ1n) is 6.71. The van der Waals surface area contributed by atoms with Gasteiger partial charge in [-0.3, -0.25) is 0 Å². The molecule has 1 heterocycles. The highest BCUT2D eigenvalue weighted by molar-refractivity contribution is 5.46. The summed E-state index contributed by atoms with van der Waals surface area (Å²) in [5, 5.41) is 0. The van der Waals surface area contributed by atoms with Gasteiger partial charge in [0.25, 0.3) is 0 Å². The predicted octanol–water partition coefficient (Wildman–Crippen LogP) is 3.23. The third kappa shape index (κ3) is 3.86. The van der Waals surface area contributed by atoms with E-state index in [-0.39, 0.29) is 0 Å². The SMILES string of the molecule is Cc1occc1CN(C)CCCc1ccccc1N. The van der Waals surface area contributed by atoms with Gasteiger partial charge in [-0.25, -0.2) is 0 Å². The lowest BCUT2D eigenvalue weighted by Gasteiger charge is -2.16. The molecule has 0 aliphatic heterocycles. The Hall–Kier alpha value is -1.74. The number of anilines is 1. The number of hydrogen-bond acceptors (Lipinski definition) is 3. The van der Waals surface area contributed by atoms with Crippen molar-refractivity contribution in [1.29, 1.82) is 0 Å². The molecule has 0 aliphatic rings. The van der Waals surface area contributed by atoms with Crippen LogP contribution in [0.3, 0.4) is 0 Å². The fourth-order valence-electron chi connectivity index (χ4n) is 2.25. The molecular formula is C16H22N2O. The summed E-state index contributed by atoms with van der Waals surface area (Å²) in [5.74, 6) is 1.01. The van der Waals surface area contributed by atoms with Crippen molar-refractivity contribution in [2.75, 3.05) is 19.3 Å². The van der Waals surface area contributed by atoms with Crippen LogP contribution in [-0.2, 0) is 13.0 Å². The van der Waals surface area contributed by atoms with E-state index in [0.717, 1.165) is 37.4 Å². The summed E-state index contributed by atoms with van der Waals surface area (Å²) < 4.78 is 5.31. The number of benzene rings is 1. The molecule has 2 N–H and O–H groups in total. The minimum atomic E-state index is 0.899. The van der Waals surface area contributed by atoms with Crippen LogP contribution in [0.1, 0.15) is 23.3 Å².